The standard InChI is InChI=1S/C44H47Cl2FN8O9/c1-25(37-31(45)5-6-32(47)39(37)46)64-35-19-26(20-49-40(35)48)27-21-50-54(24-27)29-9-11-53(12-10-29)42(58)28-22-52(23-28)13-14-61-15-16-62-17-18-63-34-4-2-3-30-38(34)44(60)55(43(30)59)33-7-8-36(56)51-41(33)57/h2-6,19-21,24-25,28-29,33H,7-18,22-23H2,1H3,(H2,48,49)(H,51,56,57)/t25-,33?/m1/s1. The largest absolute Gasteiger partial charge is 0.490 e. The molecule has 2 aromatic heterocycles. The summed E-state index contributed by atoms with van der Waals surface area (Å²) in [6.45, 7) is 6.58. The number of hydrogen-bond acceptors (Lipinski definition) is 13. The quantitative estimate of drug-likeness (QED) is 0.0839. The number of likely N-dealkylation sites (tertiary alicyclic amines) is 2. The van der Waals surface area contributed by atoms with Crippen LogP contribution in [0.5, 0.6) is 11.5 Å². The molecule has 338 valence electrons. The minimum Gasteiger partial charge on any atom is -0.490 e. The maximum absolute atomic E-state index is 14.2. The molecule has 6 heterocycles. The number of aromatic nitrogens is 3. The van der Waals surface area contributed by atoms with Crippen LogP contribution in [0.4, 0.5) is 10.2 Å². The van der Waals surface area contributed by atoms with E-state index in [0.717, 1.165) is 28.9 Å². The Hall–Kier alpha value is -5.66. The number of nitrogens with one attached hydrogen (secondary N) is 1. The van der Waals surface area contributed by atoms with Crippen LogP contribution in [0.25, 0.3) is 11.1 Å². The molecule has 4 aliphatic rings. The van der Waals surface area contributed by atoms with Gasteiger partial charge in [-0.1, -0.05) is 29.3 Å². The summed E-state index contributed by atoms with van der Waals surface area (Å²) in [5.74, 6) is -2.13. The zero-order chi connectivity index (χ0) is 45.1. The van der Waals surface area contributed by atoms with Gasteiger partial charge in [0.05, 0.1) is 60.7 Å². The van der Waals surface area contributed by atoms with E-state index in [4.69, 9.17) is 47.9 Å². The summed E-state index contributed by atoms with van der Waals surface area (Å²) in [5, 5.41) is 6.97. The van der Waals surface area contributed by atoms with Gasteiger partial charge in [-0.05, 0) is 56.5 Å². The molecule has 20 heteroatoms. The molecule has 1 unspecified atom stereocenters. The maximum atomic E-state index is 14.2. The average molecular weight is 922 g/mol. The minimum absolute atomic E-state index is 0.0390. The number of piperidine rings is 2. The third-order valence-corrected chi connectivity index (χ3v) is 12.6. The summed E-state index contributed by atoms with van der Waals surface area (Å²) >= 11 is 12.5. The summed E-state index contributed by atoms with van der Waals surface area (Å²) in [5.41, 5.74) is 8.23. The van der Waals surface area contributed by atoms with Gasteiger partial charge in [0.25, 0.3) is 11.8 Å². The number of rotatable bonds is 17. The number of halogens is 3. The van der Waals surface area contributed by atoms with Crippen LogP contribution in [-0.2, 0) is 23.9 Å². The van der Waals surface area contributed by atoms with Crippen LogP contribution in [-0.4, -0.2) is 131 Å². The second-order valence-electron chi connectivity index (χ2n) is 16.0. The topological polar surface area (TPSA) is 201 Å². The molecule has 4 aliphatic heterocycles. The predicted molar refractivity (Wildman–Crippen MR) is 230 cm³/mol. The number of pyridine rings is 1. The van der Waals surface area contributed by atoms with Gasteiger partial charge >= 0.3 is 0 Å². The molecule has 2 atom stereocenters. The Balaban J connectivity index is 0.699. The van der Waals surface area contributed by atoms with E-state index in [0.29, 0.717) is 63.9 Å². The second kappa shape index (κ2) is 19.6. The molecule has 8 rings (SSSR count). The van der Waals surface area contributed by atoms with E-state index in [1.807, 2.05) is 15.8 Å². The molecule has 0 spiro atoms. The number of benzene rings is 2. The first-order chi connectivity index (χ1) is 30.9. The van der Waals surface area contributed by atoms with Gasteiger partial charge < -0.3 is 29.6 Å². The number of nitrogen functional groups attached to an aromatic ring is 1. The van der Waals surface area contributed by atoms with Gasteiger partial charge in [0.15, 0.2) is 11.6 Å². The molecule has 0 radical (unpaired) electrons. The first kappa shape index (κ1) is 44.9. The van der Waals surface area contributed by atoms with Crippen molar-refractivity contribution in [2.24, 2.45) is 5.92 Å². The number of hydrogen-bond donors (Lipinski definition) is 2. The van der Waals surface area contributed by atoms with E-state index < -0.39 is 41.6 Å². The monoisotopic (exact) mass is 920 g/mol. The van der Waals surface area contributed by atoms with Crippen molar-refractivity contribution in [2.45, 2.75) is 50.8 Å². The van der Waals surface area contributed by atoms with Gasteiger partial charge in [0, 0.05) is 73.3 Å². The minimum atomic E-state index is -1.05. The lowest BCUT2D eigenvalue weighted by Crippen LogP contribution is -2.56. The Morgan fingerprint density at radius 2 is 1.69 bits per heavy atom. The molecule has 3 N–H and O–H groups in total. The highest BCUT2D eigenvalue weighted by Gasteiger charge is 2.46. The molecule has 4 aromatic rings. The van der Waals surface area contributed by atoms with Crippen molar-refractivity contribution in [3.63, 3.8) is 0 Å². The molecule has 0 aliphatic carbocycles. The number of nitrogens with two attached hydrogens (primary N) is 1. The molecule has 3 fully saturated rings. The normalized spacial score (nSPS) is 18.8. The van der Waals surface area contributed by atoms with Crippen molar-refractivity contribution in [1.29, 1.82) is 0 Å². The molecular weight excluding hydrogens is 874 g/mol. The summed E-state index contributed by atoms with van der Waals surface area (Å²) in [6.07, 6.45) is 6.28. The van der Waals surface area contributed by atoms with E-state index in [1.165, 1.54) is 18.2 Å². The third kappa shape index (κ3) is 9.56. The first-order valence-electron chi connectivity index (χ1n) is 21.1. The fourth-order valence-corrected chi connectivity index (χ4v) is 9.08. The van der Waals surface area contributed by atoms with E-state index >= 15 is 0 Å². The maximum Gasteiger partial charge on any atom is 0.266 e. The van der Waals surface area contributed by atoms with E-state index in [-0.39, 0.29) is 76.7 Å². The van der Waals surface area contributed by atoms with Crippen molar-refractivity contribution in [1.82, 2.24) is 34.8 Å². The van der Waals surface area contributed by atoms with Crippen LogP contribution in [0.2, 0.25) is 10.0 Å². The van der Waals surface area contributed by atoms with Gasteiger partial charge in [-0.15, -0.1) is 0 Å². The van der Waals surface area contributed by atoms with Crippen molar-refractivity contribution in [2.75, 3.05) is 71.5 Å². The molecule has 2 aromatic carbocycles. The van der Waals surface area contributed by atoms with Crippen molar-refractivity contribution >= 4 is 58.6 Å². The van der Waals surface area contributed by atoms with E-state index in [1.54, 1.807) is 37.5 Å². The van der Waals surface area contributed by atoms with Crippen molar-refractivity contribution in [3.05, 3.63) is 87.5 Å². The first-order valence-corrected chi connectivity index (χ1v) is 21.9. The Morgan fingerprint density at radius 3 is 2.45 bits per heavy atom. The average Bonchev–Trinajstić information content (AvgIpc) is 3.86. The number of ether oxygens (including phenoxy) is 4. The van der Waals surface area contributed by atoms with Crippen LogP contribution in [0, 0.1) is 11.7 Å². The van der Waals surface area contributed by atoms with Gasteiger partial charge in [0.1, 0.15) is 30.3 Å². The van der Waals surface area contributed by atoms with Gasteiger partial charge in [-0.3, -0.25) is 43.8 Å². The van der Waals surface area contributed by atoms with E-state index in [2.05, 4.69) is 20.3 Å². The molecule has 5 amide bonds. The number of carbonyl (C=O) groups excluding carboxylic acids is 5. The lowest BCUT2D eigenvalue weighted by molar-refractivity contribution is -0.143. The fourth-order valence-electron chi connectivity index (χ4n) is 8.41. The predicted octanol–water partition coefficient (Wildman–Crippen LogP) is 4.72. The van der Waals surface area contributed by atoms with Gasteiger partial charge in [-0.2, -0.15) is 5.10 Å². The van der Waals surface area contributed by atoms with Crippen LogP contribution >= 0.6 is 23.2 Å². The summed E-state index contributed by atoms with van der Waals surface area (Å²) in [6, 6.07) is 8.15. The Morgan fingerprint density at radius 1 is 0.938 bits per heavy atom. The highest BCUT2D eigenvalue weighted by atomic mass is 35.5. The SMILES string of the molecule is C[C@@H](Oc1cc(-c2cnn(C3CCN(C(=O)C4CN(CCOCCOCCOc5cccc6c5C(=O)N(C5CCC(=O)NC5=O)C6=O)C4)CC3)c2)cnc1N)c1c(Cl)ccc(F)c1Cl. The molecule has 64 heavy (non-hydrogen) atoms. The summed E-state index contributed by atoms with van der Waals surface area (Å²) in [4.78, 5) is 72.8. The molecule has 0 saturated carbocycles. The lowest BCUT2D eigenvalue weighted by Gasteiger charge is -2.42. The highest BCUT2D eigenvalue weighted by molar-refractivity contribution is 6.36. The van der Waals surface area contributed by atoms with Crippen molar-refractivity contribution < 1.29 is 47.3 Å². The zero-order valence-electron chi connectivity index (χ0n) is 35.0. The number of nitrogens with zero attached hydrogens (tertiary/aromatic N) is 6. The summed E-state index contributed by atoms with van der Waals surface area (Å²) in [7, 11) is 0. The lowest BCUT2D eigenvalue weighted by atomic mass is 9.96. The second-order valence-corrected chi connectivity index (χ2v) is 16.8. The molecule has 17 nitrogen and oxygen atoms in total. The summed E-state index contributed by atoms with van der Waals surface area (Å²) < 4.78 is 39.3. The van der Waals surface area contributed by atoms with Crippen LogP contribution in [0.1, 0.15) is 71.0 Å². The Kier molecular flexibility index (Phi) is 13.8. The van der Waals surface area contributed by atoms with Crippen molar-refractivity contribution in [3.8, 4) is 22.6 Å². The number of amides is 5. The van der Waals surface area contributed by atoms with Gasteiger partial charge in [-0.25, -0.2) is 9.37 Å². The number of fused-ring (bicyclic) bond motifs is 1. The fraction of sp³-hybridized carbons (Fsp3) is 0.432. The van der Waals surface area contributed by atoms with Crippen LogP contribution in [0.3, 0.4) is 0 Å². The van der Waals surface area contributed by atoms with Crippen LogP contribution in [0.15, 0.2) is 55.0 Å². The third-order valence-electron chi connectivity index (χ3n) is 11.9. The van der Waals surface area contributed by atoms with E-state index in [9.17, 15) is 28.4 Å². The Bertz CT molecular complexity index is 2440. The Labute approximate surface area is 377 Å². The number of carbonyl (C=O) groups is 5. The molecular formula is C44H47Cl2FN8O9. The molecule has 3 saturated heterocycles. The zero-order valence-corrected chi connectivity index (χ0v) is 36.5. The van der Waals surface area contributed by atoms with Gasteiger partial charge in [0.2, 0.25) is 17.7 Å². The van der Waals surface area contributed by atoms with Crippen LogP contribution < -0.4 is 20.5 Å². The smallest absolute Gasteiger partial charge is 0.266 e. The molecule has 0 bridgehead atoms. The highest BCUT2D eigenvalue weighted by Crippen LogP contribution is 2.38. The number of imide groups is 2. The number of anilines is 1.